The van der Waals surface area contributed by atoms with Crippen LogP contribution in [0.25, 0.3) is 10.1 Å². The Balaban J connectivity index is 2.16. The number of anilines is 1. The van der Waals surface area contributed by atoms with Crippen LogP contribution >= 0.6 is 11.3 Å². The van der Waals surface area contributed by atoms with Gasteiger partial charge in [0, 0.05) is 30.3 Å². The molecule has 0 aliphatic heterocycles. The predicted octanol–water partition coefficient (Wildman–Crippen LogP) is 2.39. The molecule has 4 nitrogen and oxygen atoms in total. The van der Waals surface area contributed by atoms with Gasteiger partial charge in [-0.15, -0.1) is 11.3 Å². The minimum atomic E-state index is -0.357. The van der Waals surface area contributed by atoms with Crippen LogP contribution in [0.5, 0.6) is 0 Å². The van der Waals surface area contributed by atoms with E-state index in [0.29, 0.717) is 29.1 Å². The third-order valence-corrected chi connectivity index (χ3v) is 3.89. The molecule has 1 aromatic heterocycles. The molecule has 1 aromatic carbocycles. The topological polar surface area (TPSA) is 64.3 Å². The van der Waals surface area contributed by atoms with Gasteiger partial charge in [0.05, 0.1) is 5.69 Å². The zero-order valence-electron chi connectivity index (χ0n) is 10.5. The quantitative estimate of drug-likeness (QED) is 0.828. The molecule has 6 heteroatoms. The molecule has 0 spiro atoms. The van der Waals surface area contributed by atoms with Crippen LogP contribution in [0.2, 0.25) is 0 Å². The van der Waals surface area contributed by atoms with E-state index in [-0.39, 0.29) is 11.7 Å². The van der Waals surface area contributed by atoms with Crippen molar-refractivity contribution in [1.82, 2.24) is 5.32 Å². The Morgan fingerprint density at radius 1 is 1.53 bits per heavy atom. The maximum Gasteiger partial charge on any atom is 0.263 e. The van der Waals surface area contributed by atoms with E-state index >= 15 is 0 Å². The summed E-state index contributed by atoms with van der Waals surface area (Å²) in [4.78, 5) is 12.4. The van der Waals surface area contributed by atoms with Crippen LogP contribution in [-0.4, -0.2) is 26.2 Å². The summed E-state index contributed by atoms with van der Waals surface area (Å²) < 4.78 is 18.9. The first-order chi connectivity index (χ1) is 9.13. The van der Waals surface area contributed by atoms with E-state index in [1.54, 1.807) is 13.2 Å². The lowest BCUT2D eigenvalue weighted by Gasteiger charge is -2.03. The van der Waals surface area contributed by atoms with Gasteiger partial charge in [-0.2, -0.15) is 0 Å². The first-order valence-corrected chi connectivity index (χ1v) is 6.70. The van der Waals surface area contributed by atoms with Crippen LogP contribution in [0.3, 0.4) is 0 Å². The molecule has 0 bridgehead atoms. The Morgan fingerprint density at radius 2 is 2.32 bits per heavy atom. The van der Waals surface area contributed by atoms with Gasteiger partial charge < -0.3 is 15.8 Å². The molecule has 1 heterocycles. The normalized spacial score (nSPS) is 10.8. The Morgan fingerprint density at radius 3 is 3.05 bits per heavy atom. The maximum absolute atomic E-state index is 13.1. The number of carbonyl (C=O) groups excluding carboxylic acids is 1. The molecule has 0 fully saturated rings. The second-order valence-corrected chi connectivity index (χ2v) is 5.14. The molecule has 0 unspecified atom stereocenters. The number of nitrogens with two attached hydrogens (primary N) is 1. The zero-order chi connectivity index (χ0) is 13.8. The van der Waals surface area contributed by atoms with E-state index in [0.717, 1.165) is 11.1 Å². The Kier molecular flexibility index (Phi) is 4.34. The lowest BCUT2D eigenvalue weighted by Crippen LogP contribution is -2.25. The van der Waals surface area contributed by atoms with Crippen LogP contribution in [0, 0.1) is 5.82 Å². The van der Waals surface area contributed by atoms with Gasteiger partial charge in [0.2, 0.25) is 0 Å². The molecule has 3 N–H and O–H groups in total. The lowest BCUT2D eigenvalue weighted by atomic mass is 10.2. The van der Waals surface area contributed by atoms with Gasteiger partial charge in [-0.25, -0.2) is 4.39 Å². The summed E-state index contributed by atoms with van der Waals surface area (Å²) >= 11 is 1.27. The fraction of sp³-hybridized carbons (Fsp3) is 0.308. The van der Waals surface area contributed by atoms with Gasteiger partial charge in [0.15, 0.2) is 0 Å². The van der Waals surface area contributed by atoms with Crippen molar-refractivity contribution in [1.29, 1.82) is 0 Å². The van der Waals surface area contributed by atoms with Gasteiger partial charge in [0.25, 0.3) is 5.91 Å². The number of thiophene rings is 1. The van der Waals surface area contributed by atoms with Gasteiger partial charge in [-0.1, -0.05) is 0 Å². The minimum Gasteiger partial charge on any atom is -0.397 e. The Bertz CT molecular complexity index is 598. The van der Waals surface area contributed by atoms with E-state index in [9.17, 15) is 9.18 Å². The van der Waals surface area contributed by atoms with Crippen LogP contribution in [-0.2, 0) is 4.74 Å². The zero-order valence-corrected chi connectivity index (χ0v) is 11.3. The third kappa shape index (κ3) is 3.02. The number of carbonyl (C=O) groups is 1. The van der Waals surface area contributed by atoms with Crippen molar-refractivity contribution < 1.29 is 13.9 Å². The molecule has 0 aliphatic rings. The maximum atomic E-state index is 13.1. The van der Waals surface area contributed by atoms with E-state index < -0.39 is 0 Å². The molecule has 0 radical (unpaired) electrons. The SMILES string of the molecule is COCCCNC(=O)c1sc2ccc(F)cc2c1N. The standard InChI is InChI=1S/C13H15FN2O2S/c1-18-6-2-5-16-13(17)12-11(15)9-7-8(14)3-4-10(9)19-12/h3-4,7H,2,5-6,15H2,1H3,(H,16,17). The van der Waals surface area contributed by atoms with Gasteiger partial charge in [0.1, 0.15) is 10.7 Å². The van der Waals surface area contributed by atoms with Crippen LogP contribution < -0.4 is 11.1 Å². The summed E-state index contributed by atoms with van der Waals surface area (Å²) in [6, 6.07) is 4.34. The molecular weight excluding hydrogens is 267 g/mol. The number of halogens is 1. The fourth-order valence-electron chi connectivity index (χ4n) is 1.76. The number of methoxy groups -OCH3 is 1. The molecule has 2 rings (SSSR count). The number of benzene rings is 1. The van der Waals surface area contributed by atoms with Crippen LogP contribution in [0.4, 0.5) is 10.1 Å². The molecule has 2 aromatic rings. The van der Waals surface area contributed by atoms with Crippen molar-refractivity contribution in [3.63, 3.8) is 0 Å². The van der Waals surface area contributed by atoms with Crippen molar-refractivity contribution in [2.75, 3.05) is 26.0 Å². The highest BCUT2D eigenvalue weighted by atomic mass is 32.1. The summed E-state index contributed by atoms with van der Waals surface area (Å²) in [5.41, 5.74) is 6.23. The van der Waals surface area contributed by atoms with Gasteiger partial charge in [-0.3, -0.25) is 4.79 Å². The monoisotopic (exact) mass is 282 g/mol. The molecule has 0 saturated carbocycles. The van der Waals surface area contributed by atoms with Gasteiger partial charge in [-0.05, 0) is 24.6 Å². The van der Waals surface area contributed by atoms with E-state index in [1.807, 2.05) is 0 Å². The summed E-state index contributed by atoms with van der Waals surface area (Å²) in [6.45, 7) is 1.11. The molecule has 0 atom stereocenters. The smallest absolute Gasteiger partial charge is 0.263 e. The number of hydrogen-bond acceptors (Lipinski definition) is 4. The number of ether oxygens (including phenoxy) is 1. The third-order valence-electron chi connectivity index (χ3n) is 2.71. The number of amides is 1. The van der Waals surface area contributed by atoms with Crippen LogP contribution in [0.15, 0.2) is 18.2 Å². The molecule has 19 heavy (non-hydrogen) atoms. The first kappa shape index (κ1) is 13.8. The second kappa shape index (κ2) is 5.99. The highest BCUT2D eigenvalue weighted by Crippen LogP contribution is 2.33. The largest absolute Gasteiger partial charge is 0.397 e. The van der Waals surface area contributed by atoms with Crippen molar-refractivity contribution in [3.8, 4) is 0 Å². The van der Waals surface area contributed by atoms with E-state index in [2.05, 4.69) is 5.32 Å². The average Bonchev–Trinajstić information content (AvgIpc) is 2.72. The average molecular weight is 282 g/mol. The van der Waals surface area contributed by atoms with Crippen molar-refractivity contribution >= 4 is 33.0 Å². The predicted molar refractivity (Wildman–Crippen MR) is 75.0 cm³/mol. The molecule has 1 amide bonds. The highest BCUT2D eigenvalue weighted by Gasteiger charge is 2.16. The number of hydrogen-bond donors (Lipinski definition) is 2. The van der Waals surface area contributed by atoms with Crippen molar-refractivity contribution in [3.05, 3.63) is 28.9 Å². The molecule has 0 aliphatic carbocycles. The number of fused-ring (bicyclic) bond motifs is 1. The summed E-state index contributed by atoms with van der Waals surface area (Å²) in [7, 11) is 1.61. The lowest BCUT2D eigenvalue weighted by molar-refractivity contribution is 0.0953. The first-order valence-electron chi connectivity index (χ1n) is 5.88. The second-order valence-electron chi connectivity index (χ2n) is 4.09. The summed E-state index contributed by atoms with van der Waals surface area (Å²) in [5.74, 6) is -0.584. The number of rotatable bonds is 5. The van der Waals surface area contributed by atoms with Gasteiger partial charge >= 0.3 is 0 Å². The minimum absolute atomic E-state index is 0.227. The van der Waals surface area contributed by atoms with E-state index in [4.69, 9.17) is 10.5 Å². The Hall–Kier alpha value is -1.66. The Labute approximate surface area is 114 Å². The van der Waals surface area contributed by atoms with Crippen LogP contribution in [0.1, 0.15) is 16.1 Å². The highest BCUT2D eigenvalue weighted by molar-refractivity contribution is 7.21. The summed E-state index contributed by atoms with van der Waals surface area (Å²) in [6.07, 6.45) is 0.738. The molecule has 0 saturated heterocycles. The van der Waals surface area contributed by atoms with Crippen molar-refractivity contribution in [2.24, 2.45) is 0 Å². The number of nitrogen functional groups attached to an aromatic ring is 1. The fourth-order valence-corrected chi connectivity index (χ4v) is 2.78. The van der Waals surface area contributed by atoms with Crippen molar-refractivity contribution in [2.45, 2.75) is 6.42 Å². The van der Waals surface area contributed by atoms with E-state index in [1.165, 1.54) is 23.5 Å². The molecular formula is C13H15FN2O2S. The molecule has 102 valence electrons. The summed E-state index contributed by atoms with van der Waals surface area (Å²) in [5, 5.41) is 3.36. The number of nitrogens with one attached hydrogen (secondary N) is 1.